The molecular formula is C12H23N3O. The van der Waals surface area contributed by atoms with E-state index in [0.717, 1.165) is 25.6 Å². The van der Waals surface area contributed by atoms with Crippen molar-refractivity contribution in [2.45, 2.75) is 38.8 Å². The molecule has 2 aliphatic heterocycles. The lowest BCUT2D eigenvalue weighted by molar-refractivity contribution is -0.123. The van der Waals surface area contributed by atoms with E-state index in [-0.39, 0.29) is 11.4 Å². The van der Waals surface area contributed by atoms with Gasteiger partial charge in [0.05, 0.1) is 6.54 Å². The van der Waals surface area contributed by atoms with Crippen LogP contribution in [0.1, 0.15) is 27.2 Å². The van der Waals surface area contributed by atoms with Gasteiger partial charge in [0.15, 0.2) is 0 Å². The molecule has 0 radical (unpaired) electrons. The van der Waals surface area contributed by atoms with Crippen molar-refractivity contribution in [3.8, 4) is 0 Å². The molecule has 4 nitrogen and oxygen atoms in total. The predicted molar refractivity (Wildman–Crippen MR) is 64.2 cm³/mol. The van der Waals surface area contributed by atoms with Crippen LogP contribution in [0.4, 0.5) is 0 Å². The van der Waals surface area contributed by atoms with Crippen LogP contribution >= 0.6 is 0 Å². The summed E-state index contributed by atoms with van der Waals surface area (Å²) < 4.78 is 0. The topological polar surface area (TPSA) is 44.4 Å². The zero-order valence-corrected chi connectivity index (χ0v) is 10.5. The summed E-state index contributed by atoms with van der Waals surface area (Å²) in [5.41, 5.74) is -0.120. The Balaban J connectivity index is 1.77. The highest BCUT2D eigenvalue weighted by Gasteiger charge is 2.36. The first-order valence-corrected chi connectivity index (χ1v) is 6.21. The van der Waals surface area contributed by atoms with Crippen molar-refractivity contribution in [1.82, 2.24) is 15.5 Å². The van der Waals surface area contributed by atoms with E-state index in [9.17, 15) is 4.79 Å². The Morgan fingerprint density at radius 3 is 2.81 bits per heavy atom. The van der Waals surface area contributed by atoms with Crippen LogP contribution in [0.2, 0.25) is 0 Å². The van der Waals surface area contributed by atoms with Crippen molar-refractivity contribution in [2.75, 3.05) is 26.2 Å². The number of carbonyl (C=O) groups is 1. The third-order valence-corrected chi connectivity index (χ3v) is 3.32. The number of amides is 1. The van der Waals surface area contributed by atoms with Crippen molar-refractivity contribution in [1.29, 1.82) is 0 Å². The SMILES string of the molecule is CC(C)(C)NC(=O)CN1C[C@@H]2CCN[C@@H]2C1. The fraction of sp³-hybridized carbons (Fsp3) is 0.917. The second-order valence-corrected chi connectivity index (χ2v) is 6.10. The summed E-state index contributed by atoms with van der Waals surface area (Å²) in [5, 5.41) is 6.51. The van der Waals surface area contributed by atoms with Gasteiger partial charge < -0.3 is 10.6 Å². The number of rotatable bonds is 2. The maximum absolute atomic E-state index is 11.8. The third-order valence-electron chi connectivity index (χ3n) is 3.32. The molecule has 2 atom stereocenters. The Kier molecular flexibility index (Phi) is 3.22. The van der Waals surface area contributed by atoms with Crippen LogP contribution in [0.3, 0.4) is 0 Å². The van der Waals surface area contributed by atoms with E-state index in [0.29, 0.717) is 12.6 Å². The zero-order valence-electron chi connectivity index (χ0n) is 10.5. The van der Waals surface area contributed by atoms with E-state index < -0.39 is 0 Å². The average Bonchev–Trinajstić information content (AvgIpc) is 2.58. The van der Waals surface area contributed by atoms with E-state index in [2.05, 4.69) is 15.5 Å². The monoisotopic (exact) mass is 225 g/mol. The third kappa shape index (κ3) is 2.95. The highest BCUT2D eigenvalue weighted by molar-refractivity contribution is 5.78. The van der Waals surface area contributed by atoms with Crippen molar-refractivity contribution in [3.05, 3.63) is 0 Å². The van der Waals surface area contributed by atoms with Crippen LogP contribution in [-0.2, 0) is 4.79 Å². The highest BCUT2D eigenvalue weighted by Crippen LogP contribution is 2.24. The Hall–Kier alpha value is -0.610. The molecule has 0 unspecified atom stereocenters. The summed E-state index contributed by atoms with van der Waals surface area (Å²) in [6.07, 6.45) is 1.27. The predicted octanol–water partition coefficient (Wildman–Crippen LogP) is 0.195. The Labute approximate surface area is 97.8 Å². The van der Waals surface area contributed by atoms with Crippen LogP contribution in [0, 0.1) is 5.92 Å². The van der Waals surface area contributed by atoms with Crippen LogP contribution in [0.5, 0.6) is 0 Å². The molecule has 4 heteroatoms. The molecule has 0 aromatic rings. The first-order valence-electron chi connectivity index (χ1n) is 6.21. The zero-order chi connectivity index (χ0) is 11.8. The minimum absolute atomic E-state index is 0.120. The minimum atomic E-state index is -0.120. The van der Waals surface area contributed by atoms with Crippen molar-refractivity contribution < 1.29 is 4.79 Å². The molecule has 16 heavy (non-hydrogen) atoms. The number of nitrogens with one attached hydrogen (secondary N) is 2. The molecule has 0 spiro atoms. The molecule has 2 heterocycles. The first-order chi connectivity index (χ1) is 7.44. The largest absolute Gasteiger partial charge is 0.350 e. The number of hydrogen-bond donors (Lipinski definition) is 2. The summed E-state index contributed by atoms with van der Waals surface area (Å²) in [5.74, 6) is 0.912. The smallest absolute Gasteiger partial charge is 0.234 e. The molecule has 92 valence electrons. The number of fused-ring (bicyclic) bond motifs is 1. The van der Waals surface area contributed by atoms with Gasteiger partial charge in [-0.2, -0.15) is 0 Å². The molecule has 0 saturated carbocycles. The Morgan fingerprint density at radius 1 is 1.44 bits per heavy atom. The van der Waals surface area contributed by atoms with Crippen molar-refractivity contribution in [2.24, 2.45) is 5.92 Å². The molecule has 0 aromatic heterocycles. The van der Waals surface area contributed by atoms with Gasteiger partial charge in [-0.25, -0.2) is 0 Å². The van der Waals surface area contributed by atoms with E-state index in [4.69, 9.17) is 0 Å². The lowest BCUT2D eigenvalue weighted by atomic mass is 10.1. The molecular weight excluding hydrogens is 202 g/mol. The molecule has 2 N–H and O–H groups in total. The van der Waals surface area contributed by atoms with Crippen LogP contribution in [-0.4, -0.2) is 48.6 Å². The maximum Gasteiger partial charge on any atom is 0.234 e. The quantitative estimate of drug-likeness (QED) is 0.705. The Bertz CT molecular complexity index is 260. The molecule has 2 aliphatic rings. The summed E-state index contributed by atoms with van der Waals surface area (Å²) in [6, 6.07) is 0.627. The lowest BCUT2D eigenvalue weighted by Crippen LogP contribution is -2.46. The molecule has 0 bridgehead atoms. The molecule has 0 aromatic carbocycles. The van der Waals surface area contributed by atoms with E-state index in [1.54, 1.807) is 0 Å². The second kappa shape index (κ2) is 4.34. The van der Waals surface area contributed by atoms with Crippen LogP contribution in [0.15, 0.2) is 0 Å². The van der Waals surface area contributed by atoms with Gasteiger partial charge >= 0.3 is 0 Å². The molecule has 2 rings (SSSR count). The number of likely N-dealkylation sites (tertiary alicyclic amines) is 1. The van der Waals surface area contributed by atoms with E-state index in [1.807, 2.05) is 20.8 Å². The van der Waals surface area contributed by atoms with E-state index in [1.165, 1.54) is 6.42 Å². The van der Waals surface area contributed by atoms with Crippen molar-refractivity contribution >= 4 is 5.91 Å². The van der Waals surface area contributed by atoms with Crippen LogP contribution < -0.4 is 10.6 Å². The fourth-order valence-electron chi connectivity index (χ4n) is 2.73. The summed E-state index contributed by atoms with van der Waals surface area (Å²) in [6.45, 7) is 9.86. The summed E-state index contributed by atoms with van der Waals surface area (Å²) >= 11 is 0. The van der Waals surface area contributed by atoms with Gasteiger partial charge in [0.2, 0.25) is 5.91 Å². The van der Waals surface area contributed by atoms with Gasteiger partial charge in [0.25, 0.3) is 0 Å². The van der Waals surface area contributed by atoms with E-state index >= 15 is 0 Å². The molecule has 2 saturated heterocycles. The summed E-state index contributed by atoms with van der Waals surface area (Å²) in [4.78, 5) is 14.0. The number of nitrogens with zero attached hydrogens (tertiary/aromatic N) is 1. The van der Waals surface area contributed by atoms with Gasteiger partial charge in [0.1, 0.15) is 0 Å². The normalized spacial score (nSPS) is 30.4. The van der Waals surface area contributed by atoms with Gasteiger partial charge in [-0.1, -0.05) is 0 Å². The lowest BCUT2D eigenvalue weighted by Gasteiger charge is -2.23. The van der Waals surface area contributed by atoms with Gasteiger partial charge in [0, 0.05) is 24.7 Å². The highest BCUT2D eigenvalue weighted by atomic mass is 16.2. The maximum atomic E-state index is 11.8. The fourth-order valence-corrected chi connectivity index (χ4v) is 2.73. The number of hydrogen-bond acceptors (Lipinski definition) is 3. The average molecular weight is 225 g/mol. The standard InChI is InChI=1S/C12H23N3O/c1-12(2,3)14-11(16)8-15-6-9-4-5-13-10(9)7-15/h9-10,13H,4-8H2,1-3H3,(H,14,16)/t9-,10+/m0/s1. The van der Waals surface area contributed by atoms with Gasteiger partial charge in [-0.15, -0.1) is 0 Å². The second-order valence-electron chi connectivity index (χ2n) is 6.10. The first kappa shape index (κ1) is 11.9. The molecule has 1 amide bonds. The molecule has 2 fully saturated rings. The number of carbonyl (C=O) groups excluding carboxylic acids is 1. The molecule has 0 aliphatic carbocycles. The van der Waals surface area contributed by atoms with Crippen molar-refractivity contribution in [3.63, 3.8) is 0 Å². The van der Waals surface area contributed by atoms with Gasteiger partial charge in [-0.05, 0) is 39.7 Å². The Morgan fingerprint density at radius 2 is 2.19 bits per heavy atom. The minimum Gasteiger partial charge on any atom is -0.350 e. The summed E-state index contributed by atoms with van der Waals surface area (Å²) in [7, 11) is 0. The van der Waals surface area contributed by atoms with Gasteiger partial charge in [-0.3, -0.25) is 9.69 Å². The van der Waals surface area contributed by atoms with Crippen LogP contribution in [0.25, 0.3) is 0 Å².